The van der Waals surface area contributed by atoms with Gasteiger partial charge < -0.3 is 5.73 Å². The lowest BCUT2D eigenvalue weighted by molar-refractivity contribution is 0.575. The van der Waals surface area contributed by atoms with Crippen molar-refractivity contribution in [2.24, 2.45) is 11.7 Å². The maximum Gasteiger partial charge on any atom is 0.0408 e. The van der Waals surface area contributed by atoms with Crippen LogP contribution in [-0.2, 0) is 12.8 Å². The molecule has 0 spiro atoms. The maximum atomic E-state index is 5.88. The van der Waals surface area contributed by atoms with Gasteiger partial charge in [-0.05, 0) is 48.6 Å². The highest BCUT2D eigenvalue weighted by Crippen LogP contribution is 2.28. The number of fused-ring (bicyclic) bond motifs is 1. The van der Waals surface area contributed by atoms with Gasteiger partial charge in [-0.3, -0.25) is 0 Å². The number of rotatable bonds is 1. The predicted molar refractivity (Wildman–Crippen MR) is 51.4 cm³/mol. The summed E-state index contributed by atoms with van der Waals surface area (Å²) >= 11 is 5.88. The Morgan fingerprint density at radius 3 is 2.83 bits per heavy atom. The minimum Gasteiger partial charge on any atom is -0.330 e. The van der Waals surface area contributed by atoms with Crippen molar-refractivity contribution in [2.45, 2.75) is 12.8 Å². The van der Waals surface area contributed by atoms with E-state index in [0.717, 1.165) is 24.4 Å². The monoisotopic (exact) mass is 181 g/mol. The molecule has 1 aliphatic rings. The van der Waals surface area contributed by atoms with E-state index in [-0.39, 0.29) is 0 Å². The Kier molecular flexibility index (Phi) is 2.07. The summed E-state index contributed by atoms with van der Waals surface area (Å²) in [5.74, 6) is 0.637. The molecule has 64 valence electrons. The van der Waals surface area contributed by atoms with E-state index in [1.165, 1.54) is 11.1 Å². The van der Waals surface area contributed by atoms with Crippen LogP contribution in [0.15, 0.2) is 18.2 Å². The Balaban J connectivity index is 2.30. The second-order valence-corrected chi connectivity index (χ2v) is 3.86. The van der Waals surface area contributed by atoms with Crippen molar-refractivity contribution in [1.29, 1.82) is 0 Å². The minimum atomic E-state index is 0.637. The van der Waals surface area contributed by atoms with Crippen molar-refractivity contribution in [1.82, 2.24) is 0 Å². The fourth-order valence-corrected chi connectivity index (χ4v) is 2.04. The second kappa shape index (κ2) is 3.08. The first kappa shape index (κ1) is 8.09. The smallest absolute Gasteiger partial charge is 0.0408 e. The Hall–Kier alpha value is -0.530. The van der Waals surface area contributed by atoms with Crippen molar-refractivity contribution in [3.63, 3.8) is 0 Å². The zero-order valence-electron chi connectivity index (χ0n) is 6.89. The Morgan fingerprint density at radius 2 is 2.08 bits per heavy atom. The number of benzene rings is 1. The molecule has 0 amide bonds. The van der Waals surface area contributed by atoms with Crippen LogP contribution in [-0.4, -0.2) is 6.54 Å². The molecule has 0 saturated carbocycles. The standard InChI is InChI=1S/C10H12ClN/c11-10-2-1-8-3-7(6-12)4-9(8)5-10/h1-2,5,7H,3-4,6,12H2. The first-order valence-corrected chi connectivity index (χ1v) is 4.65. The van der Waals surface area contributed by atoms with Crippen LogP contribution < -0.4 is 5.73 Å². The third-order valence-corrected chi connectivity index (χ3v) is 2.75. The zero-order valence-corrected chi connectivity index (χ0v) is 7.64. The normalized spacial score (nSPS) is 21.0. The molecule has 0 aliphatic heterocycles. The van der Waals surface area contributed by atoms with Crippen molar-refractivity contribution >= 4 is 11.6 Å². The fourth-order valence-electron chi connectivity index (χ4n) is 1.84. The molecule has 1 aliphatic carbocycles. The van der Waals surface area contributed by atoms with Crippen LogP contribution in [0.2, 0.25) is 5.02 Å². The summed E-state index contributed by atoms with van der Waals surface area (Å²) < 4.78 is 0. The van der Waals surface area contributed by atoms with E-state index in [1.807, 2.05) is 6.07 Å². The molecule has 0 saturated heterocycles. The van der Waals surface area contributed by atoms with E-state index in [9.17, 15) is 0 Å². The van der Waals surface area contributed by atoms with Gasteiger partial charge in [0.15, 0.2) is 0 Å². The fraction of sp³-hybridized carbons (Fsp3) is 0.400. The average Bonchev–Trinajstić information content (AvgIpc) is 2.46. The minimum absolute atomic E-state index is 0.637. The Morgan fingerprint density at radius 1 is 1.33 bits per heavy atom. The van der Waals surface area contributed by atoms with E-state index >= 15 is 0 Å². The summed E-state index contributed by atoms with van der Waals surface area (Å²) in [4.78, 5) is 0. The van der Waals surface area contributed by atoms with Gasteiger partial charge in [-0.15, -0.1) is 0 Å². The second-order valence-electron chi connectivity index (χ2n) is 3.42. The summed E-state index contributed by atoms with van der Waals surface area (Å²) in [5.41, 5.74) is 8.43. The van der Waals surface area contributed by atoms with E-state index in [1.54, 1.807) is 0 Å². The molecule has 2 N–H and O–H groups in total. The number of halogens is 1. The van der Waals surface area contributed by atoms with Crippen molar-refractivity contribution in [2.75, 3.05) is 6.54 Å². The SMILES string of the molecule is NCC1Cc2ccc(Cl)cc2C1. The lowest BCUT2D eigenvalue weighted by Crippen LogP contribution is -2.13. The highest BCUT2D eigenvalue weighted by molar-refractivity contribution is 6.30. The number of hydrogen-bond donors (Lipinski definition) is 1. The highest BCUT2D eigenvalue weighted by atomic mass is 35.5. The van der Waals surface area contributed by atoms with E-state index < -0.39 is 0 Å². The van der Waals surface area contributed by atoms with Crippen LogP contribution in [0, 0.1) is 5.92 Å². The Labute approximate surface area is 77.5 Å². The van der Waals surface area contributed by atoms with Crippen molar-refractivity contribution in [3.8, 4) is 0 Å². The van der Waals surface area contributed by atoms with Gasteiger partial charge in [0.25, 0.3) is 0 Å². The Bertz CT molecular complexity index is 296. The van der Waals surface area contributed by atoms with Crippen molar-refractivity contribution < 1.29 is 0 Å². The van der Waals surface area contributed by atoms with Gasteiger partial charge in [-0.1, -0.05) is 17.7 Å². The lowest BCUT2D eigenvalue weighted by atomic mass is 10.1. The van der Waals surface area contributed by atoms with Crippen molar-refractivity contribution in [3.05, 3.63) is 34.3 Å². The van der Waals surface area contributed by atoms with Crippen LogP contribution in [0.3, 0.4) is 0 Å². The molecule has 0 fully saturated rings. The summed E-state index contributed by atoms with van der Waals surface area (Å²) in [6.07, 6.45) is 2.23. The van der Waals surface area contributed by atoms with E-state index in [2.05, 4.69) is 12.1 Å². The number of hydrogen-bond acceptors (Lipinski definition) is 1. The van der Waals surface area contributed by atoms with Crippen LogP contribution in [0.25, 0.3) is 0 Å². The molecule has 1 unspecified atom stereocenters. The molecular formula is C10H12ClN. The van der Waals surface area contributed by atoms with Gasteiger partial charge in [0.1, 0.15) is 0 Å². The van der Waals surface area contributed by atoms with Gasteiger partial charge in [0, 0.05) is 5.02 Å². The first-order chi connectivity index (χ1) is 5.79. The van der Waals surface area contributed by atoms with Gasteiger partial charge in [-0.25, -0.2) is 0 Å². The largest absolute Gasteiger partial charge is 0.330 e. The van der Waals surface area contributed by atoms with Crippen LogP contribution in [0.1, 0.15) is 11.1 Å². The summed E-state index contributed by atoms with van der Waals surface area (Å²) in [5, 5.41) is 0.839. The molecule has 1 nitrogen and oxygen atoms in total. The zero-order chi connectivity index (χ0) is 8.55. The van der Waals surface area contributed by atoms with Gasteiger partial charge in [0.05, 0.1) is 0 Å². The summed E-state index contributed by atoms with van der Waals surface area (Å²) in [7, 11) is 0. The maximum absolute atomic E-state index is 5.88. The third kappa shape index (κ3) is 1.35. The van der Waals surface area contributed by atoms with Gasteiger partial charge in [-0.2, -0.15) is 0 Å². The molecule has 0 bridgehead atoms. The molecule has 1 aromatic rings. The first-order valence-electron chi connectivity index (χ1n) is 4.27. The highest BCUT2D eigenvalue weighted by Gasteiger charge is 2.19. The summed E-state index contributed by atoms with van der Waals surface area (Å²) in [6, 6.07) is 6.14. The molecule has 12 heavy (non-hydrogen) atoms. The molecule has 1 atom stereocenters. The quantitative estimate of drug-likeness (QED) is 0.705. The molecule has 2 rings (SSSR count). The molecule has 2 heteroatoms. The average molecular weight is 182 g/mol. The number of nitrogens with two attached hydrogens (primary N) is 1. The lowest BCUT2D eigenvalue weighted by Gasteiger charge is -2.01. The topological polar surface area (TPSA) is 26.0 Å². The third-order valence-electron chi connectivity index (χ3n) is 2.52. The van der Waals surface area contributed by atoms with Gasteiger partial charge >= 0.3 is 0 Å². The predicted octanol–water partition coefficient (Wildman–Crippen LogP) is 2.01. The van der Waals surface area contributed by atoms with Gasteiger partial charge in [0.2, 0.25) is 0 Å². The molecular weight excluding hydrogens is 170 g/mol. The molecule has 0 radical (unpaired) electrons. The molecule has 0 heterocycles. The van der Waals surface area contributed by atoms with Crippen LogP contribution in [0.5, 0.6) is 0 Å². The van der Waals surface area contributed by atoms with E-state index in [4.69, 9.17) is 17.3 Å². The van der Waals surface area contributed by atoms with E-state index in [0.29, 0.717) is 5.92 Å². The van der Waals surface area contributed by atoms with Crippen LogP contribution >= 0.6 is 11.6 Å². The molecule has 0 aromatic heterocycles. The van der Waals surface area contributed by atoms with Crippen LogP contribution in [0.4, 0.5) is 0 Å². The molecule has 1 aromatic carbocycles. The summed E-state index contributed by atoms with van der Waals surface area (Å²) in [6.45, 7) is 0.784.